The fraction of sp³-hybridized carbons (Fsp3) is 0.704. The molecular weight excluding hydrogens is 522 g/mol. The number of ether oxygens (including phenoxy) is 1. The summed E-state index contributed by atoms with van der Waals surface area (Å²) < 4.78 is 50.5. The van der Waals surface area contributed by atoms with E-state index >= 15 is 0 Å². The number of hydrogen-bond acceptors (Lipinski definition) is 5. The minimum atomic E-state index is -5.08. The molecule has 2 amide bonds. The molecule has 2 aliphatic rings. The zero-order valence-electron chi connectivity index (χ0n) is 22.6. The highest BCUT2D eigenvalue weighted by Gasteiger charge is 2.38. The van der Waals surface area contributed by atoms with E-state index in [1.54, 1.807) is 12.1 Å². The molecule has 1 aliphatic carbocycles. The predicted molar refractivity (Wildman–Crippen MR) is 138 cm³/mol. The van der Waals surface area contributed by atoms with Crippen molar-refractivity contribution in [1.82, 2.24) is 15.1 Å². The standard InChI is InChI=1S/C25H40FN3O3.C2HF3O2/c1-3-32-23-10-4-19(5-11-23)16-27-25(31)28(2)17-20-12-14-29(15-13-20)18-24(30)21-6-8-22(26)9-7-21;3-2(4,5)1(6)7/h6-9,19-20,23-24,30H,3-5,10-18H2,1-2H3,(H,27,31);(H,6,7). The lowest BCUT2D eigenvalue weighted by Gasteiger charge is -2.35. The van der Waals surface area contributed by atoms with Gasteiger partial charge in [-0.05, 0) is 88.1 Å². The number of amides is 2. The van der Waals surface area contributed by atoms with Gasteiger partial charge < -0.3 is 30.1 Å². The Balaban J connectivity index is 0.000000673. The van der Waals surface area contributed by atoms with E-state index < -0.39 is 18.2 Å². The van der Waals surface area contributed by atoms with Gasteiger partial charge in [-0.15, -0.1) is 0 Å². The Bertz CT molecular complexity index is 871. The van der Waals surface area contributed by atoms with Crippen LogP contribution in [-0.4, -0.2) is 90.7 Å². The van der Waals surface area contributed by atoms with E-state index in [0.29, 0.717) is 24.5 Å². The smallest absolute Gasteiger partial charge is 0.475 e. The van der Waals surface area contributed by atoms with Crippen LogP contribution in [0.25, 0.3) is 0 Å². The average molecular weight is 564 g/mol. The van der Waals surface area contributed by atoms with Gasteiger partial charge >= 0.3 is 18.2 Å². The maximum absolute atomic E-state index is 13.1. The Hall–Kier alpha value is -2.44. The van der Waals surface area contributed by atoms with Crippen LogP contribution >= 0.6 is 0 Å². The van der Waals surface area contributed by atoms with E-state index in [1.165, 1.54) is 12.1 Å². The Morgan fingerprint density at radius 1 is 1.08 bits per heavy atom. The number of carboxylic acid groups (broad SMARTS) is 1. The molecule has 39 heavy (non-hydrogen) atoms. The fourth-order valence-electron chi connectivity index (χ4n) is 4.96. The highest BCUT2D eigenvalue weighted by Crippen LogP contribution is 2.26. The molecule has 3 rings (SSSR count). The number of rotatable bonds is 9. The first-order valence-corrected chi connectivity index (χ1v) is 13.5. The van der Waals surface area contributed by atoms with E-state index in [9.17, 15) is 27.5 Å². The third-order valence-corrected chi connectivity index (χ3v) is 7.25. The monoisotopic (exact) mass is 563 g/mol. The number of nitrogens with one attached hydrogen (secondary N) is 1. The number of likely N-dealkylation sites (tertiary alicyclic amines) is 1. The first kappa shape index (κ1) is 32.8. The number of piperidine rings is 1. The molecule has 222 valence electrons. The summed E-state index contributed by atoms with van der Waals surface area (Å²) in [5.74, 6) is -2.01. The van der Waals surface area contributed by atoms with Crippen LogP contribution in [0.3, 0.4) is 0 Å². The number of halogens is 4. The third kappa shape index (κ3) is 12.1. The number of urea groups is 1. The normalized spacial score (nSPS) is 21.4. The van der Waals surface area contributed by atoms with Crippen molar-refractivity contribution in [2.45, 2.75) is 63.8 Å². The van der Waals surface area contributed by atoms with Gasteiger partial charge in [-0.3, -0.25) is 0 Å². The number of hydrogen-bond donors (Lipinski definition) is 3. The average Bonchev–Trinajstić information content (AvgIpc) is 2.89. The minimum absolute atomic E-state index is 0.0195. The van der Waals surface area contributed by atoms with Crippen molar-refractivity contribution in [2.75, 3.05) is 46.4 Å². The van der Waals surface area contributed by atoms with Crippen LogP contribution in [-0.2, 0) is 9.53 Å². The van der Waals surface area contributed by atoms with Crippen LogP contribution < -0.4 is 5.32 Å². The quantitative estimate of drug-likeness (QED) is 0.384. The molecule has 0 aromatic heterocycles. The molecule has 1 saturated heterocycles. The van der Waals surface area contributed by atoms with E-state index in [0.717, 1.165) is 76.9 Å². The maximum atomic E-state index is 13.1. The Morgan fingerprint density at radius 3 is 2.15 bits per heavy atom. The van der Waals surface area contributed by atoms with Gasteiger partial charge in [0, 0.05) is 33.3 Å². The minimum Gasteiger partial charge on any atom is -0.475 e. The molecule has 0 spiro atoms. The predicted octanol–water partition coefficient (Wildman–Crippen LogP) is 4.44. The van der Waals surface area contributed by atoms with Crippen LogP contribution in [0.5, 0.6) is 0 Å². The van der Waals surface area contributed by atoms with Crippen LogP contribution in [0, 0.1) is 17.7 Å². The van der Waals surface area contributed by atoms with Crippen molar-refractivity contribution in [3.63, 3.8) is 0 Å². The molecule has 0 radical (unpaired) electrons. The molecule has 1 unspecified atom stereocenters. The van der Waals surface area contributed by atoms with Crippen molar-refractivity contribution in [1.29, 1.82) is 0 Å². The van der Waals surface area contributed by atoms with Gasteiger partial charge in [0.1, 0.15) is 5.82 Å². The largest absolute Gasteiger partial charge is 0.490 e. The maximum Gasteiger partial charge on any atom is 0.490 e. The molecular formula is C27H41F4N3O5. The summed E-state index contributed by atoms with van der Waals surface area (Å²) in [5, 5.41) is 20.7. The summed E-state index contributed by atoms with van der Waals surface area (Å²) in [6.45, 7) is 6.70. The third-order valence-electron chi connectivity index (χ3n) is 7.25. The first-order valence-electron chi connectivity index (χ1n) is 13.5. The molecule has 0 bridgehead atoms. The number of aliphatic carboxylic acids is 1. The lowest BCUT2D eigenvalue weighted by Crippen LogP contribution is -2.44. The topological polar surface area (TPSA) is 102 Å². The molecule has 1 atom stereocenters. The number of nitrogens with zero attached hydrogens (tertiary/aromatic N) is 2. The summed E-state index contributed by atoms with van der Waals surface area (Å²) in [5.41, 5.74) is 0.747. The molecule has 3 N–H and O–H groups in total. The second kappa shape index (κ2) is 16.0. The van der Waals surface area contributed by atoms with Gasteiger partial charge in [0.2, 0.25) is 0 Å². The van der Waals surface area contributed by atoms with Gasteiger partial charge in [0.15, 0.2) is 0 Å². The van der Waals surface area contributed by atoms with Gasteiger partial charge in [0.05, 0.1) is 12.2 Å². The lowest BCUT2D eigenvalue weighted by atomic mass is 9.87. The molecule has 1 aromatic rings. The van der Waals surface area contributed by atoms with E-state index in [-0.39, 0.29) is 11.8 Å². The van der Waals surface area contributed by atoms with Crippen molar-refractivity contribution in [3.05, 3.63) is 35.6 Å². The van der Waals surface area contributed by atoms with Crippen molar-refractivity contribution in [3.8, 4) is 0 Å². The zero-order chi connectivity index (χ0) is 29.0. The summed E-state index contributed by atoms with van der Waals surface area (Å²) in [6.07, 6.45) is 1.16. The van der Waals surface area contributed by atoms with Crippen molar-refractivity contribution >= 4 is 12.0 Å². The summed E-state index contributed by atoms with van der Waals surface area (Å²) in [4.78, 5) is 25.5. The molecule has 1 aromatic carbocycles. The number of aliphatic hydroxyl groups is 1. The van der Waals surface area contributed by atoms with Crippen molar-refractivity contribution in [2.24, 2.45) is 11.8 Å². The number of carbonyl (C=O) groups is 2. The zero-order valence-corrected chi connectivity index (χ0v) is 22.6. The van der Waals surface area contributed by atoms with Gasteiger partial charge in [-0.1, -0.05) is 12.1 Å². The summed E-state index contributed by atoms with van der Waals surface area (Å²) >= 11 is 0. The Morgan fingerprint density at radius 2 is 1.64 bits per heavy atom. The van der Waals surface area contributed by atoms with Gasteiger partial charge in [-0.2, -0.15) is 13.2 Å². The number of aliphatic hydroxyl groups excluding tert-OH is 1. The van der Waals surface area contributed by atoms with Crippen LogP contribution in [0.15, 0.2) is 24.3 Å². The molecule has 1 aliphatic heterocycles. The Kier molecular flexibility index (Phi) is 13.4. The number of benzene rings is 1. The van der Waals surface area contributed by atoms with E-state index in [4.69, 9.17) is 14.6 Å². The van der Waals surface area contributed by atoms with Crippen molar-refractivity contribution < 1.29 is 42.1 Å². The van der Waals surface area contributed by atoms with E-state index in [2.05, 4.69) is 10.2 Å². The van der Waals surface area contributed by atoms with E-state index in [1.807, 2.05) is 18.9 Å². The number of carbonyl (C=O) groups excluding carboxylic acids is 1. The fourth-order valence-corrected chi connectivity index (χ4v) is 4.96. The second-order valence-electron chi connectivity index (χ2n) is 10.3. The Labute approximate surface area is 227 Å². The number of β-amino-alcohol motifs (C(OH)–C–C–N with tert-alkyl or cyclic N) is 1. The molecule has 8 nitrogen and oxygen atoms in total. The first-order chi connectivity index (χ1) is 18.4. The number of carboxylic acids is 1. The van der Waals surface area contributed by atoms with Gasteiger partial charge in [0.25, 0.3) is 0 Å². The molecule has 1 heterocycles. The summed E-state index contributed by atoms with van der Waals surface area (Å²) in [6, 6.07) is 6.08. The highest BCUT2D eigenvalue weighted by molar-refractivity contribution is 5.73. The highest BCUT2D eigenvalue weighted by atomic mass is 19.4. The van der Waals surface area contributed by atoms with Crippen LogP contribution in [0.2, 0.25) is 0 Å². The number of alkyl halides is 3. The van der Waals surface area contributed by atoms with Crippen LogP contribution in [0.4, 0.5) is 22.4 Å². The van der Waals surface area contributed by atoms with Crippen LogP contribution in [0.1, 0.15) is 57.1 Å². The SMILES string of the molecule is CCOC1CCC(CNC(=O)N(C)CC2CCN(CC(O)c3ccc(F)cc3)CC2)CC1.O=C(O)C(F)(F)F. The van der Waals surface area contributed by atoms with Gasteiger partial charge in [-0.25, -0.2) is 14.0 Å². The molecule has 2 fully saturated rings. The molecule has 12 heteroatoms. The molecule has 1 saturated carbocycles. The summed E-state index contributed by atoms with van der Waals surface area (Å²) in [7, 11) is 1.88. The second-order valence-corrected chi connectivity index (χ2v) is 10.3. The lowest BCUT2D eigenvalue weighted by molar-refractivity contribution is -0.192.